The summed E-state index contributed by atoms with van der Waals surface area (Å²) in [6, 6.07) is 24.8. The quantitative estimate of drug-likeness (QED) is 0.384. The van der Waals surface area contributed by atoms with Crippen LogP contribution in [0.1, 0.15) is 47.9 Å². The lowest BCUT2D eigenvalue weighted by atomic mass is 9.83. The van der Waals surface area contributed by atoms with Crippen LogP contribution in [0.15, 0.2) is 72.8 Å². The van der Waals surface area contributed by atoms with Crippen molar-refractivity contribution in [1.29, 1.82) is 0 Å². The van der Waals surface area contributed by atoms with Gasteiger partial charge in [-0.2, -0.15) is 0 Å². The van der Waals surface area contributed by atoms with Crippen LogP contribution in [0, 0.1) is 0 Å². The van der Waals surface area contributed by atoms with E-state index in [2.05, 4.69) is 46.7 Å². The molecule has 162 valence electrons. The van der Waals surface area contributed by atoms with Gasteiger partial charge in [0.2, 0.25) is 0 Å². The summed E-state index contributed by atoms with van der Waals surface area (Å²) in [5.74, 6) is 0.0329. The van der Waals surface area contributed by atoms with E-state index in [0.717, 1.165) is 23.5 Å². The number of carbonyl (C=O) groups is 1. The zero-order valence-electron chi connectivity index (χ0n) is 18.0. The average molecular weight is 445 g/mol. The van der Waals surface area contributed by atoms with Crippen molar-refractivity contribution in [2.45, 2.75) is 37.8 Å². The van der Waals surface area contributed by atoms with E-state index in [-0.39, 0.29) is 22.5 Å². The first-order valence-corrected chi connectivity index (χ1v) is 11.9. The third kappa shape index (κ3) is 3.01. The Hall–Kier alpha value is -2.66. The van der Waals surface area contributed by atoms with Crippen LogP contribution >= 0.6 is 11.6 Å². The Morgan fingerprint density at radius 3 is 2.44 bits per heavy atom. The van der Waals surface area contributed by atoms with Gasteiger partial charge in [0.15, 0.2) is 17.6 Å². The van der Waals surface area contributed by atoms with E-state index in [0.29, 0.717) is 5.02 Å². The topological polar surface area (TPSA) is 32.3 Å². The van der Waals surface area contributed by atoms with Crippen LogP contribution in [-0.2, 0) is 11.3 Å². The molecule has 5 heteroatoms. The summed E-state index contributed by atoms with van der Waals surface area (Å²) in [5, 5.41) is 0.678. The predicted octanol–water partition coefficient (Wildman–Crippen LogP) is 6.04. The lowest BCUT2D eigenvalue weighted by Gasteiger charge is -2.45. The van der Waals surface area contributed by atoms with Crippen LogP contribution in [-0.4, -0.2) is 23.9 Å². The number of nitrogens with one attached hydrogen (secondary N) is 1. The Morgan fingerprint density at radius 1 is 0.938 bits per heavy atom. The van der Waals surface area contributed by atoms with Crippen LogP contribution in [0.4, 0.5) is 11.4 Å². The van der Waals surface area contributed by atoms with Gasteiger partial charge in [0.25, 0.3) is 0 Å². The van der Waals surface area contributed by atoms with Crippen molar-refractivity contribution in [1.82, 2.24) is 9.49 Å². The lowest BCUT2D eigenvalue weighted by Crippen LogP contribution is -2.68. The summed E-state index contributed by atoms with van der Waals surface area (Å²) in [6.07, 6.45) is 3.95. The number of carbonyl (C=O) groups excluding carboxylic acids is 1. The van der Waals surface area contributed by atoms with Crippen molar-refractivity contribution in [3.8, 4) is 0 Å². The molecule has 1 amide bonds. The molecular formula is C27H27ClN3O+. The lowest BCUT2D eigenvalue weighted by molar-refractivity contribution is -0.143. The first-order chi connectivity index (χ1) is 15.7. The largest absolute Gasteiger partial charge is 0.357 e. The molecule has 3 aliphatic rings. The number of nitrogens with zero attached hydrogens (tertiary/aromatic N) is 2. The van der Waals surface area contributed by atoms with Gasteiger partial charge in [0.1, 0.15) is 0 Å². The number of fused-ring (bicyclic) bond motifs is 5. The number of piperidine rings is 1. The van der Waals surface area contributed by atoms with Crippen LogP contribution in [0.3, 0.4) is 0 Å². The summed E-state index contributed by atoms with van der Waals surface area (Å²) in [6.45, 7) is 3.37. The summed E-state index contributed by atoms with van der Waals surface area (Å²) < 4.78 is 0.132. The molecule has 1 N–H and O–H groups in total. The van der Waals surface area contributed by atoms with Crippen molar-refractivity contribution in [3.63, 3.8) is 0 Å². The summed E-state index contributed by atoms with van der Waals surface area (Å²) in [7, 11) is 0. The highest BCUT2D eigenvalue weighted by molar-refractivity contribution is 6.31. The van der Waals surface area contributed by atoms with Crippen molar-refractivity contribution < 1.29 is 4.79 Å². The minimum absolute atomic E-state index is 0.0187. The number of halogens is 1. The standard InChI is InChI=1S/C27H27ClN3O/c28-21-11-14-24-23(17-21)25-26(20-7-3-1-4-8-20)31(24,27(25)32)29-22-12-9-19(10-13-22)18-30-15-5-2-6-16-30/h1,3-4,7-14,17,25-26,29H,2,5-6,15-16,18H2/q+1. The van der Waals surface area contributed by atoms with Crippen molar-refractivity contribution >= 4 is 28.9 Å². The predicted molar refractivity (Wildman–Crippen MR) is 129 cm³/mol. The van der Waals surface area contributed by atoms with E-state index in [9.17, 15) is 4.79 Å². The Bertz CT molecular complexity index is 1160. The zero-order chi connectivity index (χ0) is 21.7. The van der Waals surface area contributed by atoms with Gasteiger partial charge in [-0.1, -0.05) is 60.5 Å². The number of β-lactam (4-membered cyclic amide) rings is 1. The minimum atomic E-state index is -0.156. The summed E-state index contributed by atoms with van der Waals surface area (Å²) >= 11 is 6.31. The number of quaternary nitrogens is 1. The smallest absolute Gasteiger partial charge is 0.299 e. The van der Waals surface area contributed by atoms with E-state index in [4.69, 9.17) is 11.6 Å². The van der Waals surface area contributed by atoms with E-state index in [1.807, 2.05) is 36.4 Å². The van der Waals surface area contributed by atoms with E-state index in [1.165, 1.54) is 43.5 Å². The Morgan fingerprint density at radius 2 is 1.69 bits per heavy atom. The molecule has 2 bridgehead atoms. The van der Waals surface area contributed by atoms with Crippen molar-refractivity contribution in [2.75, 3.05) is 18.5 Å². The van der Waals surface area contributed by atoms with Crippen LogP contribution in [0.5, 0.6) is 0 Å². The molecule has 3 heterocycles. The SMILES string of the molecule is O=C1C2c3cc(Cl)ccc3[N+]1(Nc1ccc(CN3CCCCC3)cc1)C2c1ccccc1. The minimum Gasteiger partial charge on any atom is -0.299 e. The number of anilines is 1. The fourth-order valence-electron chi connectivity index (χ4n) is 5.82. The number of benzene rings is 3. The molecule has 3 aromatic rings. The fraction of sp³-hybridized carbons (Fsp3) is 0.296. The van der Waals surface area contributed by atoms with E-state index in [1.54, 1.807) is 0 Å². The first kappa shape index (κ1) is 20.0. The number of likely N-dealkylation sites (tertiary alicyclic amines) is 1. The highest BCUT2D eigenvalue weighted by Crippen LogP contribution is 2.64. The summed E-state index contributed by atoms with van der Waals surface area (Å²) in [4.78, 5) is 16.0. The molecule has 2 saturated heterocycles. The second-order valence-corrected chi connectivity index (χ2v) is 9.68. The maximum atomic E-state index is 13.5. The second kappa shape index (κ2) is 7.73. The van der Waals surface area contributed by atoms with Gasteiger partial charge in [-0.3, -0.25) is 4.90 Å². The Kier molecular flexibility index (Phi) is 4.83. The average Bonchev–Trinajstić information content (AvgIpc) is 3.24. The highest BCUT2D eigenvalue weighted by atomic mass is 35.5. The molecule has 32 heavy (non-hydrogen) atoms. The van der Waals surface area contributed by atoms with Gasteiger partial charge < -0.3 is 0 Å². The Labute approximate surface area is 194 Å². The van der Waals surface area contributed by atoms with Crippen molar-refractivity contribution in [3.05, 3.63) is 94.5 Å². The monoisotopic (exact) mass is 444 g/mol. The molecular weight excluding hydrogens is 418 g/mol. The molecule has 0 aliphatic carbocycles. The molecule has 3 aromatic carbocycles. The van der Waals surface area contributed by atoms with Crippen LogP contribution in [0.2, 0.25) is 5.02 Å². The molecule has 0 aromatic heterocycles. The number of hydrogen-bond donors (Lipinski definition) is 1. The van der Waals surface area contributed by atoms with E-state index >= 15 is 0 Å². The molecule has 0 spiro atoms. The fourth-order valence-corrected chi connectivity index (χ4v) is 6.00. The normalized spacial score (nSPS) is 26.5. The first-order valence-electron chi connectivity index (χ1n) is 11.5. The molecule has 3 unspecified atom stereocenters. The zero-order valence-corrected chi connectivity index (χ0v) is 18.8. The van der Waals surface area contributed by atoms with Gasteiger partial charge in [0, 0.05) is 28.8 Å². The van der Waals surface area contributed by atoms with Gasteiger partial charge in [-0.25, -0.2) is 10.2 Å². The highest BCUT2D eigenvalue weighted by Gasteiger charge is 2.74. The van der Waals surface area contributed by atoms with Gasteiger partial charge in [-0.05, 0) is 55.8 Å². The molecule has 3 atom stereocenters. The number of hydrogen-bond acceptors (Lipinski definition) is 3. The van der Waals surface area contributed by atoms with Crippen LogP contribution in [0.25, 0.3) is 0 Å². The van der Waals surface area contributed by atoms with Gasteiger partial charge in [0.05, 0.1) is 5.69 Å². The third-order valence-electron chi connectivity index (χ3n) is 7.31. The third-order valence-corrected chi connectivity index (χ3v) is 7.54. The molecule has 0 saturated carbocycles. The van der Waals surface area contributed by atoms with E-state index < -0.39 is 0 Å². The maximum absolute atomic E-state index is 13.5. The second-order valence-electron chi connectivity index (χ2n) is 9.24. The Balaban J connectivity index is 1.32. The number of amides is 1. The molecule has 4 nitrogen and oxygen atoms in total. The molecule has 2 fully saturated rings. The maximum Gasteiger partial charge on any atom is 0.357 e. The van der Waals surface area contributed by atoms with Gasteiger partial charge in [-0.15, -0.1) is 4.59 Å². The summed E-state index contributed by atoms with van der Waals surface area (Å²) in [5.41, 5.74) is 9.12. The molecule has 6 rings (SSSR count). The van der Waals surface area contributed by atoms with Gasteiger partial charge >= 0.3 is 5.91 Å². The number of rotatable bonds is 5. The molecule has 0 radical (unpaired) electrons. The molecule has 3 aliphatic heterocycles. The van der Waals surface area contributed by atoms with Crippen LogP contribution < -0.4 is 10.0 Å². The van der Waals surface area contributed by atoms with Crippen molar-refractivity contribution in [2.24, 2.45) is 0 Å².